The molecule has 1 unspecified atom stereocenters. The van der Waals surface area contributed by atoms with Crippen molar-refractivity contribution in [1.82, 2.24) is 15.6 Å². The van der Waals surface area contributed by atoms with Gasteiger partial charge in [0.05, 0.1) is 17.2 Å². The number of nitrogens with one attached hydrogen (secondary N) is 2. The number of amides is 1. The number of carbonyl (C=O) groups is 1. The quantitative estimate of drug-likeness (QED) is 0.826. The normalized spacial score (nSPS) is 25.5. The van der Waals surface area contributed by atoms with Crippen LogP contribution < -0.4 is 10.6 Å². The Morgan fingerprint density at radius 3 is 3.00 bits per heavy atom. The zero-order valence-electron chi connectivity index (χ0n) is 10.4. The van der Waals surface area contributed by atoms with Crippen LogP contribution in [0, 0.1) is 5.41 Å². The van der Waals surface area contributed by atoms with Gasteiger partial charge in [-0.1, -0.05) is 6.07 Å². The highest BCUT2D eigenvalue weighted by Gasteiger charge is 2.36. The van der Waals surface area contributed by atoms with E-state index in [2.05, 4.69) is 15.6 Å². The van der Waals surface area contributed by atoms with E-state index >= 15 is 0 Å². The summed E-state index contributed by atoms with van der Waals surface area (Å²) in [5.41, 5.74) is 0.624. The molecule has 1 saturated heterocycles. The maximum Gasteiger partial charge on any atom is 0.227 e. The molecule has 0 spiro atoms. The minimum absolute atomic E-state index is 0.0406. The first kappa shape index (κ1) is 12.0. The Morgan fingerprint density at radius 1 is 1.59 bits per heavy atom. The van der Waals surface area contributed by atoms with Crippen molar-refractivity contribution in [2.75, 3.05) is 13.1 Å². The molecule has 0 radical (unpaired) electrons. The molecule has 0 aromatic carbocycles. The molecule has 2 atom stereocenters. The standard InChI is InChI=1S/C13H19N3O/c1-10(11-5-3-4-7-15-11)16-12(17)13(2)6-8-14-9-13/h3-5,7,10,14H,6,8-9H2,1-2H3,(H,16,17)/t10-,13?/m1/s1. The van der Waals surface area contributed by atoms with E-state index in [9.17, 15) is 4.79 Å². The van der Waals surface area contributed by atoms with Crippen molar-refractivity contribution in [3.05, 3.63) is 30.1 Å². The fourth-order valence-electron chi connectivity index (χ4n) is 2.09. The van der Waals surface area contributed by atoms with E-state index in [1.807, 2.05) is 32.0 Å². The predicted octanol–water partition coefficient (Wildman–Crippen LogP) is 1.26. The number of aromatic nitrogens is 1. The van der Waals surface area contributed by atoms with Gasteiger partial charge in [-0.05, 0) is 38.9 Å². The van der Waals surface area contributed by atoms with E-state index in [0.29, 0.717) is 0 Å². The molecule has 1 amide bonds. The van der Waals surface area contributed by atoms with Gasteiger partial charge in [-0.25, -0.2) is 0 Å². The fourth-order valence-corrected chi connectivity index (χ4v) is 2.09. The first-order valence-corrected chi connectivity index (χ1v) is 6.04. The van der Waals surface area contributed by atoms with Crippen LogP contribution in [-0.4, -0.2) is 24.0 Å². The molecule has 2 rings (SSSR count). The van der Waals surface area contributed by atoms with E-state index in [1.165, 1.54) is 0 Å². The van der Waals surface area contributed by atoms with E-state index in [0.717, 1.165) is 25.2 Å². The minimum Gasteiger partial charge on any atom is -0.347 e. The van der Waals surface area contributed by atoms with Crippen LogP contribution in [0.2, 0.25) is 0 Å². The highest BCUT2D eigenvalue weighted by Crippen LogP contribution is 2.25. The summed E-state index contributed by atoms with van der Waals surface area (Å²) in [6.45, 7) is 5.65. The molecule has 0 aliphatic carbocycles. The molecule has 2 N–H and O–H groups in total. The number of hydrogen-bond acceptors (Lipinski definition) is 3. The van der Waals surface area contributed by atoms with Crippen LogP contribution in [0.4, 0.5) is 0 Å². The van der Waals surface area contributed by atoms with E-state index < -0.39 is 0 Å². The van der Waals surface area contributed by atoms with Crippen molar-refractivity contribution >= 4 is 5.91 Å². The number of rotatable bonds is 3. The topological polar surface area (TPSA) is 54.0 Å². The maximum absolute atomic E-state index is 12.2. The number of pyridine rings is 1. The third-order valence-electron chi connectivity index (χ3n) is 3.40. The van der Waals surface area contributed by atoms with Crippen LogP contribution >= 0.6 is 0 Å². The van der Waals surface area contributed by atoms with Gasteiger partial charge in [0.2, 0.25) is 5.91 Å². The summed E-state index contributed by atoms with van der Waals surface area (Å²) in [7, 11) is 0. The lowest BCUT2D eigenvalue weighted by Crippen LogP contribution is -2.41. The van der Waals surface area contributed by atoms with Gasteiger partial charge >= 0.3 is 0 Å². The SMILES string of the molecule is C[C@@H](NC(=O)C1(C)CCNC1)c1ccccn1. The highest BCUT2D eigenvalue weighted by molar-refractivity contribution is 5.83. The molecule has 1 aliphatic heterocycles. The van der Waals surface area contributed by atoms with Gasteiger partial charge in [-0.2, -0.15) is 0 Å². The summed E-state index contributed by atoms with van der Waals surface area (Å²) in [6, 6.07) is 5.70. The van der Waals surface area contributed by atoms with Gasteiger partial charge < -0.3 is 10.6 Å². The van der Waals surface area contributed by atoms with Gasteiger partial charge in [0.25, 0.3) is 0 Å². The monoisotopic (exact) mass is 233 g/mol. The molecule has 4 nitrogen and oxygen atoms in total. The van der Waals surface area contributed by atoms with Gasteiger partial charge in [-0.15, -0.1) is 0 Å². The fraction of sp³-hybridized carbons (Fsp3) is 0.538. The summed E-state index contributed by atoms with van der Waals surface area (Å²) in [5, 5.41) is 6.27. The Bertz CT molecular complexity index is 385. The van der Waals surface area contributed by atoms with Gasteiger partial charge in [0, 0.05) is 12.7 Å². The van der Waals surface area contributed by atoms with E-state index in [-0.39, 0.29) is 17.4 Å². The number of nitrogens with zero attached hydrogens (tertiary/aromatic N) is 1. The summed E-state index contributed by atoms with van der Waals surface area (Å²) < 4.78 is 0. The summed E-state index contributed by atoms with van der Waals surface area (Å²) in [4.78, 5) is 16.4. The molecule has 2 heterocycles. The highest BCUT2D eigenvalue weighted by atomic mass is 16.2. The summed E-state index contributed by atoms with van der Waals surface area (Å²) in [6.07, 6.45) is 2.64. The van der Waals surface area contributed by atoms with Crippen LogP contribution in [0.15, 0.2) is 24.4 Å². The zero-order chi connectivity index (χ0) is 12.3. The second kappa shape index (κ2) is 4.84. The average Bonchev–Trinajstić information content (AvgIpc) is 2.78. The minimum atomic E-state index is -0.275. The van der Waals surface area contributed by atoms with E-state index in [4.69, 9.17) is 0 Å². The van der Waals surface area contributed by atoms with Gasteiger partial charge in [0.1, 0.15) is 0 Å². The Balaban J connectivity index is 1.99. The molecule has 17 heavy (non-hydrogen) atoms. The Hall–Kier alpha value is -1.42. The van der Waals surface area contributed by atoms with Crippen LogP contribution in [0.1, 0.15) is 32.0 Å². The largest absolute Gasteiger partial charge is 0.347 e. The molecule has 1 aromatic heterocycles. The smallest absolute Gasteiger partial charge is 0.227 e. The van der Waals surface area contributed by atoms with Crippen LogP contribution in [0.25, 0.3) is 0 Å². The summed E-state index contributed by atoms with van der Waals surface area (Å²) in [5.74, 6) is 0.112. The molecular formula is C13H19N3O. The zero-order valence-corrected chi connectivity index (χ0v) is 10.4. The van der Waals surface area contributed by atoms with Crippen molar-refractivity contribution in [1.29, 1.82) is 0 Å². The predicted molar refractivity (Wildman–Crippen MR) is 66.4 cm³/mol. The number of carbonyl (C=O) groups excluding carboxylic acids is 1. The lowest BCUT2D eigenvalue weighted by Gasteiger charge is -2.24. The Morgan fingerprint density at radius 2 is 2.41 bits per heavy atom. The molecular weight excluding hydrogens is 214 g/mol. The second-order valence-electron chi connectivity index (χ2n) is 4.94. The van der Waals surface area contributed by atoms with Crippen molar-refractivity contribution in [3.63, 3.8) is 0 Å². The van der Waals surface area contributed by atoms with Crippen LogP contribution in [0.3, 0.4) is 0 Å². The van der Waals surface area contributed by atoms with Gasteiger partial charge in [0.15, 0.2) is 0 Å². The van der Waals surface area contributed by atoms with Crippen molar-refractivity contribution in [2.45, 2.75) is 26.3 Å². The second-order valence-corrected chi connectivity index (χ2v) is 4.94. The first-order chi connectivity index (χ1) is 8.12. The van der Waals surface area contributed by atoms with Crippen molar-refractivity contribution in [3.8, 4) is 0 Å². The van der Waals surface area contributed by atoms with E-state index in [1.54, 1.807) is 6.20 Å². The van der Waals surface area contributed by atoms with Crippen molar-refractivity contribution < 1.29 is 4.79 Å². The third kappa shape index (κ3) is 2.64. The molecule has 1 aliphatic rings. The number of hydrogen-bond donors (Lipinski definition) is 2. The van der Waals surface area contributed by atoms with Crippen molar-refractivity contribution in [2.24, 2.45) is 5.41 Å². The Kier molecular flexibility index (Phi) is 3.43. The third-order valence-corrected chi connectivity index (χ3v) is 3.40. The van der Waals surface area contributed by atoms with Crippen LogP contribution in [0.5, 0.6) is 0 Å². The lowest BCUT2D eigenvalue weighted by molar-refractivity contribution is -0.129. The average molecular weight is 233 g/mol. The summed E-state index contributed by atoms with van der Waals surface area (Å²) >= 11 is 0. The molecule has 0 saturated carbocycles. The Labute approximate surface area is 102 Å². The maximum atomic E-state index is 12.2. The lowest BCUT2D eigenvalue weighted by atomic mass is 9.88. The molecule has 1 aromatic rings. The molecule has 4 heteroatoms. The molecule has 0 bridgehead atoms. The first-order valence-electron chi connectivity index (χ1n) is 6.04. The van der Waals surface area contributed by atoms with Gasteiger partial charge in [-0.3, -0.25) is 9.78 Å². The molecule has 1 fully saturated rings. The molecule has 92 valence electrons. The van der Waals surface area contributed by atoms with Crippen LogP contribution in [-0.2, 0) is 4.79 Å².